The van der Waals surface area contributed by atoms with Crippen LogP contribution in [0.2, 0.25) is 0 Å². The molecule has 12 atom stereocenters. The van der Waals surface area contributed by atoms with Gasteiger partial charge in [0.05, 0.1) is 38.7 Å². The van der Waals surface area contributed by atoms with Crippen molar-refractivity contribution in [3.05, 3.63) is 0 Å². The van der Waals surface area contributed by atoms with Gasteiger partial charge in [-0.3, -0.25) is 72.1 Å². The highest BCUT2D eigenvalue weighted by Gasteiger charge is 2.39. The van der Waals surface area contributed by atoms with Crippen molar-refractivity contribution in [2.24, 2.45) is 45.9 Å². The fourth-order valence-electron chi connectivity index (χ4n) is 8.98. The normalized spacial score (nSPS) is 16.4. The number of nitrogens with one attached hydrogen (secondary N) is 12. The Hall–Kier alpha value is -8.76. The van der Waals surface area contributed by atoms with E-state index in [1.165, 1.54) is 25.7 Å². The molecule has 35 heteroatoms. The summed E-state index contributed by atoms with van der Waals surface area (Å²) in [4.78, 5) is 201. The van der Waals surface area contributed by atoms with Gasteiger partial charge in [0.2, 0.25) is 76.8 Å². The first kappa shape index (κ1) is 80.3. The monoisotopic (exact) mass is 1300 g/mol. The third kappa shape index (κ3) is 29.6. The van der Waals surface area contributed by atoms with Gasteiger partial charge in [-0.2, -0.15) is 0 Å². The summed E-state index contributed by atoms with van der Waals surface area (Å²) in [5.41, 5.74) is 16.8. The Morgan fingerprint density at radius 1 is 0.538 bits per heavy atom. The average Bonchev–Trinajstić information content (AvgIpc) is 1.95. The fourth-order valence-corrected chi connectivity index (χ4v) is 8.98. The van der Waals surface area contributed by atoms with Gasteiger partial charge in [-0.25, -0.2) is 4.79 Å². The van der Waals surface area contributed by atoms with E-state index in [-0.39, 0.29) is 56.6 Å². The molecule has 1 saturated heterocycles. The van der Waals surface area contributed by atoms with Gasteiger partial charge >= 0.3 is 11.9 Å². The second-order valence-corrected chi connectivity index (χ2v) is 23.5. The molecule has 35 nitrogen and oxygen atoms in total. The maximum Gasteiger partial charge on any atom is 0.328 e. The van der Waals surface area contributed by atoms with E-state index in [0.29, 0.717) is 19.3 Å². The lowest BCUT2D eigenvalue weighted by atomic mass is 9.96. The van der Waals surface area contributed by atoms with Crippen LogP contribution in [-0.2, 0) is 71.9 Å². The number of nitrogens with zero attached hydrogens (tertiary/aromatic N) is 2. The number of hydrogen-bond acceptors (Lipinski definition) is 18. The van der Waals surface area contributed by atoms with Crippen LogP contribution in [0.4, 0.5) is 0 Å². The van der Waals surface area contributed by atoms with Gasteiger partial charge in [0, 0.05) is 13.1 Å². The van der Waals surface area contributed by atoms with Gasteiger partial charge in [0.1, 0.15) is 60.4 Å². The molecule has 0 saturated carbocycles. The molecule has 1 fully saturated rings. The molecule has 0 aromatic heterocycles. The summed E-state index contributed by atoms with van der Waals surface area (Å²) in [6.07, 6.45) is 0.211. The molecule has 1 aliphatic rings. The standard InChI is InChI=1S/C56H97N17O18/c1-12-29(8)44(53(88)71-43(28(6)7)52(87)70-37(25-74)55(90)91)72-46(81)30(9)64-40(76)23-61-39(75)22-63-51(86)38-16-14-18-73(38)54(89)32(11)66-45(80)31(10)65-49(84)36(21-42(78)79)69-48(83)34(15-13-17-60-56(58)59)68-50(85)35(20-27(4)5)67-41(77)24-62-47(82)33(57)19-26(2)3/h26-38,43-44,74H,12-25,57H2,1-11H3,(H,61,75)(H,62,82)(H,63,86)(H,64,76)(H,65,84)(H,66,80)(H,67,77)(H,68,85)(H,69,83)(H,70,87)(H,71,88)(H,72,81)(H,78,79)(H,90,91)(H4,58,59,60)/t29-,30-,31-,32-,33-,34-,35-,36-,37-,38-,43-,44-/m0/s1. The van der Waals surface area contributed by atoms with Crippen LogP contribution in [0.3, 0.4) is 0 Å². The molecule has 1 aliphatic heterocycles. The van der Waals surface area contributed by atoms with Gasteiger partial charge in [0.15, 0.2) is 5.96 Å². The van der Waals surface area contributed by atoms with Crippen LogP contribution >= 0.6 is 0 Å². The van der Waals surface area contributed by atoms with E-state index >= 15 is 0 Å². The highest BCUT2D eigenvalue weighted by molar-refractivity contribution is 6.00. The number of nitrogens with two attached hydrogens (primary N) is 3. The van der Waals surface area contributed by atoms with Gasteiger partial charge in [0.25, 0.3) is 0 Å². The number of aliphatic hydroxyl groups is 1. The van der Waals surface area contributed by atoms with Crippen molar-refractivity contribution in [1.82, 2.24) is 68.7 Å². The number of carboxylic acids is 2. The Morgan fingerprint density at radius 2 is 1.04 bits per heavy atom. The summed E-state index contributed by atoms with van der Waals surface area (Å²) in [6.45, 7) is 14.9. The zero-order valence-electron chi connectivity index (χ0n) is 53.7. The van der Waals surface area contributed by atoms with Crippen molar-refractivity contribution in [3.63, 3.8) is 0 Å². The van der Waals surface area contributed by atoms with Crippen molar-refractivity contribution in [1.29, 1.82) is 0 Å². The Labute approximate surface area is 528 Å². The van der Waals surface area contributed by atoms with E-state index < -0.39 is 200 Å². The summed E-state index contributed by atoms with van der Waals surface area (Å²) >= 11 is 0. The number of carboxylic acid groups (broad SMARTS) is 2. The minimum absolute atomic E-state index is 0.0158. The van der Waals surface area contributed by atoms with Crippen LogP contribution < -0.4 is 81.0 Å². The van der Waals surface area contributed by atoms with Gasteiger partial charge in [-0.1, -0.05) is 61.8 Å². The first-order chi connectivity index (χ1) is 42.4. The first-order valence-corrected chi connectivity index (χ1v) is 30.1. The maximum absolute atomic E-state index is 13.9. The molecular weight excluding hydrogens is 1200 g/mol. The number of carbonyl (C=O) groups is 15. The van der Waals surface area contributed by atoms with Crippen molar-refractivity contribution in [2.75, 3.05) is 39.3 Å². The van der Waals surface area contributed by atoms with Crippen LogP contribution in [-0.4, -0.2) is 221 Å². The van der Waals surface area contributed by atoms with E-state index in [2.05, 4.69) is 68.8 Å². The second-order valence-electron chi connectivity index (χ2n) is 23.5. The van der Waals surface area contributed by atoms with Crippen LogP contribution in [0.25, 0.3) is 0 Å². The smallest absolute Gasteiger partial charge is 0.328 e. The van der Waals surface area contributed by atoms with Crippen LogP contribution in [0, 0.1) is 23.7 Å². The van der Waals surface area contributed by atoms with E-state index in [1.54, 1.807) is 41.5 Å². The number of amides is 13. The summed E-state index contributed by atoms with van der Waals surface area (Å²) in [5.74, 6) is -15.4. The predicted octanol–water partition coefficient (Wildman–Crippen LogP) is -6.52. The molecule has 0 aromatic carbocycles. The molecule has 0 aromatic rings. The highest BCUT2D eigenvalue weighted by atomic mass is 16.4. The first-order valence-electron chi connectivity index (χ1n) is 30.1. The number of guanidine groups is 1. The number of aliphatic hydroxyl groups excluding tert-OH is 1. The van der Waals surface area contributed by atoms with Crippen LogP contribution in [0.5, 0.6) is 0 Å². The molecule has 0 aliphatic carbocycles. The fraction of sp³-hybridized carbons (Fsp3) is 0.714. The molecule has 0 unspecified atom stereocenters. The molecule has 91 heavy (non-hydrogen) atoms. The van der Waals surface area contributed by atoms with Crippen LogP contribution in [0.1, 0.15) is 128 Å². The second kappa shape index (κ2) is 40.1. The van der Waals surface area contributed by atoms with E-state index in [9.17, 15) is 87.2 Å². The Kier molecular flexibility index (Phi) is 35.3. The number of hydrogen-bond donors (Lipinski definition) is 18. The molecule has 0 spiro atoms. The van der Waals surface area contributed by atoms with Crippen molar-refractivity contribution in [2.45, 2.75) is 194 Å². The molecule has 514 valence electrons. The zero-order valence-corrected chi connectivity index (χ0v) is 53.7. The topological polar surface area (TPSA) is 555 Å². The SMILES string of the molecule is CC[C@H](C)[C@H](NC(=O)[C@H](C)NC(=O)CNC(=O)CNC(=O)[C@@H]1CCCN1C(=O)[C@H](C)NC(=O)[C@H](C)NC(=O)[C@H](CC(=O)O)NC(=O)[C@H](CCCN=C(N)N)NC(=O)[C@H](CC(C)C)NC(=O)CNC(=O)[C@@H](N)CC(C)C)C(=O)N[C@H](C(=O)N[C@@H](CO)C(=O)O)C(C)C. The lowest BCUT2D eigenvalue weighted by molar-refractivity contribution is -0.144. The Bertz CT molecular complexity index is 2600. The van der Waals surface area contributed by atoms with E-state index in [1.807, 2.05) is 13.8 Å². The molecular formula is C56H97N17O18. The highest BCUT2D eigenvalue weighted by Crippen LogP contribution is 2.19. The minimum Gasteiger partial charge on any atom is -0.481 e. The molecule has 0 bridgehead atoms. The summed E-state index contributed by atoms with van der Waals surface area (Å²) in [6, 6.07) is -14.7. The third-order valence-electron chi connectivity index (χ3n) is 14.2. The van der Waals surface area contributed by atoms with Crippen molar-refractivity contribution < 1.29 is 87.2 Å². The minimum atomic E-state index is -1.84. The summed E-state index contributed by atoms with van der Waals surface area (Å²) in [7, 11) is 0. The average molecular weight is 1300 g/mol. The number of carbonyl (C=O) groups excluding carboxylic acids is 13. The van der Waals surface area contributed by atoms with Crippen LogP contribution in [0.15, 0.2) is 4.99 Å². The van der Waals surface area contributed by atoms with E-state index in [0.717, 1.165) is 0 Å². The largest absolute Gasteiger partial charge is 0.481 e. The number of likely N-dealkylation sites (tertiary alicyclic amines) is 1. The molecule has 1 heterocycles. The summed E-state index contributed by atoms with van der Waals surface area (Å²) in [5, 5.41) is 57.2. The van der Waals surface area contributed by atoms with Gasteiger partial charge < -0.3 is 101 Å². The lowest BCUT2D eigenvalue weighted by Gasteiger charge is -2.29. The quantitative estimate of drug-likeness (QED) is 0.0154. The number of rotatable bonds is 40. The summed E-state index contributed by atoms with van der Waals surface area (Å²) < 4.78 is 0. The lowest BCUT2D eigenvalue weighted by Crippen LogP contribution is -2.60. The molecule has 1 rings (SSSR count). The maximum atomic E-state index is 13.9. The third-order valence-corrected chi connectivity index (χ3v) is 14.2. The molecule has 21 N–H and O–H groups in total. The zero-order chi connectivity index (χ0) is 69.6. The van der Waals surface area contributed by atoms with Gasteiger partial charge in [-0.15, -0.1) is 0 Å². The number of aliphatic carboxylic acids is 2. The van der Waals surface area contributed by atoms with Gasteiger partial charge in [-0.05, 0) is 83.0 Å². The molecule has 0 radical (unpaired) electrons. The Morgan fingerprint density at radius 3 is 1.60 bits per heavy atom. The van der Waals surface area contributed by atoms with E-state index in [4.69, 9.17) is 17.2 Å². The Balaban J connectivity index is 2.98. The van der Waals surface area contributed by atoms with Crippen molar-refractivity contribution in [3.8, 4) is 0 Å². The predicted molar refractivity (Wildman–Crippen MR) is 326 cm³/mol. The molecule has 13 amide bonds. The van der Waals surface area contributed by atoms with Crippen molar-refractivity contribution >= 4 is 94.7 Å². The number of aliphatic imine (C=N–C) groups is 1.